The van der Waals surface area contributed by atoms with Gasteiger partial charge in [0.05, 0.1) is 0 Å². The first kappa shape index (κ1) is 15.7. The number of hydrogen-bond acceptors (Lipinski definition) is 2. The van der Waals surface area contributed by atoms with Crippen LogP contribution in [0.2, 0.25) is 0 Å². The number of alkyl halides is 4. The highest BCUT2D eigenvalue weighted by Gasteiger charge is 2.32. The summed E-state index contributed by atoms with van der Waals surface area (Å²) in [6.45, 7) is 0.317. The molecule has 0 spiro atoms. The smallest absolute Gasteiger partial charge is 0.251 e. The minimum Gasteiger partial charge on any atom is -0.287 e. The lowest BCUT2D eigenvalue weighted by Gasteiger charge is -2.16. The average Bonchev–Trinajstić information content (AvgIpc) is 2.23. The van der Waals surface area contributed by atoms with Crippen molar-refractivity contribution in [2.75, 3.05) is 12.4 Å². The molecule has 0 fully saturated rings. The molecule has 0 aliphatic heterocycles. The van der Waals surface area contributed by atoms with Gasteiger partial charge < -0.3 is 0 Å². The molecule has 0 rings (SSSR count). The van der Waals surface area contributed by atoms with E-state index in [4.69, 9.17) is 0 Å². The maximum Gasteiger partial charge on any atom is 0.251 e. The van der Waals surface area contributed by atoms with Crippen molar-refractivity contribution in [2.24, 2.45) is 0 Å². The summed E-state index contributed by atoms with van der Waals surface area (Å²) in [7, 11) is 0. The molecular weight excluding hydrogens is 244 g/mol. The van der Waals surface area contributed by atoms with E-state index in [1.54, 1.807) is 6.92 Å². The molecule has 0 amide bonds. The zero-order valence-electron chi connectivity index (χ0n) is 9.15. The van der Waals surface area contributed by atoms with Crippen LogP contribution in [0.1, 0.15) is 32.6 Å². The summed E-state index contributed by atoms with van der Waals surface area (Å²) in [5.74, 6) is -2.88. The SMILES string of the molecule is CCC(=O)SCCCC(F)(F)CC(F)CF. The number of carbonyl (C=O) groups is 1. The van der Waals surface area contributed by atoms with Crippen molar-refractivity contribution in [1.82, 2.24) is 0 Å². The van der Waals surface area contributed by atoms with Gasteiger partial charge >= 0.3 is 0 Å². The van der Waals surface area contributed by atoms with Gasteiger partial charge in [-0.05, 0) is 6.42 Å². The lowest BCUT2D eigenvalue weighted by Crippen LogP contribution is -2.23. The third kappa shape index (κ3) is 7.96. The van der Waals surface area contributed by atoms with Gasteiger partial charge in [-0.3, -0.25) is 4.79 Å². The largest absolute Gasteiger partial charge is 0.287 e. The van der Waals surface area contributed by atoms with Crippen molar-refractivity contribution in [3.05, 3.63) is 0 Å². The van der Waals surface area contributed by atoms with E-state index in [1.165, 1.54) is 0 Å². The van der Waals surface area contributed by atoms with Gasteiger partial charge in [0.25, 0.3) is 5.92 Å². The fraction of sp³-hybridized carbons (Fsp3) is 0.900. The average molecular weight is 260 g/mol. The van der Waals surface area contributed by atoms with Crippen molar-refractivity contribution in [1.29, 1.82) is 0 Å². The van der Waals surface area contributed by atoms with Crippen LogP contribution in [0.4, 0.5) is 17.6 Å². The van der Waals surface area contributed by atoms with Crippen molar-refractivity contribution in [3.8, 4) is 0 Å². The molecule has 0 aliphatic carbocycles. The Hall–Kier alpha value is -0.260. The van der Waals surface area contributed by atoms with E-state index in [1.807, 2.05) is 0 Å². The fourth-order valence-electron chi connectivity index (χ4n) is 1.10. The molecule has 0 radical (unpaired) electrons. The minimum absolute atomic E-state index is 0.0459. The van der Waals surface area contributed by atoms with Crippen LogP contribution in [0.3, 0.4) is 0 Å². The highest BCUT2D eigenvalue weighted by atomic mass is 32.2. The molecule has 6 heteroatoms. The van der Waals surface area contributed by atoms with Crippen LogP contribution in [0.5, 0.6) is 0 Å². The van der Waals surface area contributed by atoms with Gasteiger partial charge in [0.1, 0.15) is 12.8 Å². The molecule has 0 heterocycles. The van der Waals surface area contributed by atoms with Crippen LogP contribution in [-0.4, -0.2) is 29.6 Å². The van der Waals surface area contributed by atoms with Crippen molar-refractivity contribution in [2.45, 2.75) is 44.7 Å². The quantitative estimate of drug-likeness (QED) is 0.488. The Morgan fingerprint density at radius 2 is 2.06 bits per heavy atom. The second-order valence-electron chi connectivity index (χ2n) is 3.49. The minimum atomic E-state index is -3.18. The molecule has 0 aromatic carbocycles. The monoisotopic (exact) mass is 260 g/mol. The maximum atomic E-state index is 13.0. The predicted molar refractivity (Wildman–Crippen MR) is 57.4 cm³/mol. The molecule has 1 atom stereocenters. The lowest BCUT2D eigenvalue weighted by atomic mass is 10.1. The summed E-state index contributed by atoms with van der Waals surface area (Å²) in [6.07, 6.45) is -3.18. The Morgan fingerprint density at radius 1 is 1.44 bits per heavy atom. The van der Waals surface area contributed by atoms with Crippen molar-refractivity contribution < 1.29 is 22.4 Å². The molecule has 1 nitrogen and oxygen atoms in total. The number of rotatable bonds is 8. The molecule has 0 aromatic rings. The number of halogens is 4. The second-order valence-corrected chi connectivity index (χ2v) is 4.64. The molecule has 0 saturated carbocycles. The van der Waals surface area contributed by atoms with Gasteiger partial charge in [0.2, 0.25) is 0 Å². The molecule has 1 unspecified atom stereocenters. The zero-order chi connectivity index (χ0) is 12.6. The van der Waals surface area contributed by atoms with Gasteiger partial charge in [-0.25, -0.2) is 17.6 Å². The van der Waals surface area contributed by atoms with Crippen LogP contribution in [-0.2, 0) is 4.79 Å². The number of thioether (sulfide) groups is 1. The van der Waals surface area contributed by atoms with Gasteiger partial charge in [0, 0.05) is 25.0 Å². The molecular formula is C10H16F4OS. The van der Waals surface area contributed by atoms with Crippen molar-refractivity contribution >= 4 is 16.9 Å². The Bertz CT molecular complexity index is 211. The van der Waals surface area contributed by atoms with Gasteiger partial charge in [-0.1, -0.05) is 18.7 Å². The van der Waals surface area contributed by atoms with Crippen LogP contribution in [0.15, 0.2) is 0 Å². The molecule has 96 valence electrons. The first-order valence-electron chi connectivity index (χ1n) is 5.14. The van der Waals surface area contributed by atoms with E-state index in [0.29, 0.717) is 12.2 Å². The molecule has 0 aromatic heterocycles. The van der Waals surface area contributed by atoms with Gasteiger partial charge in [-0.15, -0.1) is 0 Å². The van der Waals surface area contributed by atoms with E-state index >= 15 is 0 Å². The summed E-state index contributed by atoms with van der Waals surface area (Å²) < 4.78 is 50.0. The van der Waals surface area contributed by atoms with E-state index in [-0.39, 0.29) is 11.5 Å². The van der Waals surface area contributed by atoms with E-state index in [2.05, 4.69) is 0 Å². The third-order valence-corrected chi connectivity index (χ3v) is 3.03. The summed E-state index contributed by atoms with van der Waals surface area (Å²) in [5.41, 5.74) is 0. The summed E-state index contributed by atoms with van der Waals surface area (Å²) >= 11 is 1.00. The van der Waals surface area contributed by atoms with E-state index in [0.717, 1.165) is 11.8 Å². The fourth-order valence-corrected chi connectivity index (χ4v) is 1.82. The van der Waals surface area contributed by atoms with Crippen LogP contribution >= 0.6 is 11.8 Å². The first-order chi connectivity index (χ1) is 7.41. The van der Waals surface area contributed by atoms with E-state index in [9.17, 15) is 22.4 Å². The normalized spacial score (nSPS) is 13.8. The molecule has 0 aliphatic rings. The molecule has 0 N–H and O–H groups in total. The van der Waals surface area contributed by atoms with Gasteiger partial charge in [-0.2, -0.15) is 0 Å². The van der Waals surface area contributed by atoms with Crippen molar-refractivity contribution in [3.63, 3.8) is 0 Å². The standard InChI is InChI=1S/C10H16F4OS/c1-2-9(15)16-5-3-4-10(13,14)6-8(12)7-11/h8H,2-7H2,1H3. The maximum absolute atomic E-state index is 13.0. The Kier molecular flexibility index (Phi) is 7.80. The Balaban J connectivity index is 3.69. The summed E-state index contributed by atoms with van der Waals surface area (Å²) in [4.78, 5) is 10.8. The predicted octanol–water partition coefficient (Wildman–Crippen LogP) is 3.77. The second kappa shape index (κ2) is 7.92. The van der Waals surface area contributed by atoms with Crippen LogP contribution in [0.25, 0.3) is 0 Å². The zero-order valence-corrected chi connectivity index (χ0v) is 9.96. The Labute approximate surface area is 97.0 Å². The molecule has 0 bridgehead atoms. The number of carbonyl (C=O) groups excluding carboxylic acids is 1. The topological polar surface area (TPSA) is 17.1 Å². The summed E-state index contributed by atoms with van der Waals surface area (Å²) in [5, 5.41) is -0.0459. The summed E-state index contributed by atoms with van der Waals surface area (Å²) in [6, 6.07) is 0. The van der Waals surface area contributed by atoms with Crippen LogP contribution < -0.4 is 0 Å². The Morgan fingerprint density at radius 3 is 2.56 bits per heavy atom. The molecule has 16 heavy (non-hydrogen) atoms. The third-order valence-electron chi connectivity index (χ3n) is 1.93. The van der Waals surface area contributed by atoms with E-state index < -0.39 is 31.6 Å². The molecule has 0 saturated heterocycles. The number of hydrogen-bond donors (Lipinski definition) is 0. The highest BCUT2D eigenvalue weighted by molar-refractivity contribution is 8.13. The highest BCUT2D eigenvalue weighted by Crippen LogP contribution is 2.28. The first-order valence-corrected chi connectivity index (χ1v) is 6.13. The lowest BCUT2D eigenvalue weighted by molar-refractivity contribution is -0.110. The van der Waals surface area contributed by atoms with Gasteiger partial charge in [0.15, 0.2) is 5.12 Å². The van der Waals surface area contributed by atoms with Crippen LogP contribution in [0, 0.1) is 0 Å².